The van der Waals surface area contributed by atoms with Crippen LogP contribution in [-0.2, 0) is 16.4 Å². The van der Waals surface area contributed by atoms with Gasteiger partial charge in [-0.2, -0.15) is 0 Å². The van der Waals surface area contributed by atoms with Crippen LogP contribution in [0.4, 0.5) is 0 Å². The molecule has 2 aromatic carbocycles. The van der Waals surface area contributed by atoms with E-state index in [-0.39, 0.29) is 17.3 Å². The molecule has 0 radical (unpaired) electrons. The van der Waals surface area contributed by atoms with Gasteiger partial charge in [0.15, 0.2) is 0 Å². The summed E-state index contributed by atoms with van der Waals surface area (Å²) in [7, 11) is -2.07. The molecule has 27 heavy (non-hydrogen) atoms. The highest BCUT2D eigenvalue weighted by Crippen LogP contribution is 2.17. The minimum Gasteiger partial charge on any atom is -0.497 e. The van der Waals surface area contributed by atoms with Crippen molar-refractivity contribution in [2.24, 2.45) is 0 Å². The first-order chi connectivity index (χ1) is 13.0. The topological polar surface area (TPSA) is 75.7 Å². The first kappa shape index (κ1) is 19.4. The maximum Gasteiger partial charge on any atom is 0.253 e. The fourth-order valence-electron chi connectivity index (χ4n) is 3.10. The Morgan fingerprint density at radius 3 is 2.48 bits per heavy atom. The highest BCUT2D eigenvalue weighted by atomic mass is 32.2. The average molecular weight is 388 g/mol. The maximum absolute atomic E-state index is 12.6. The molecule has 0 atom stereocenters. The molecule has 144 valence electrons. The summed E-state index contributed by atoms with van der Waals surface area (Å²) in [5.74, 6) is 0.654. The number of benzene rings is 2. The van der Waals surface area contributed by atoms with E-state index < -0.39 is 10.0 Å². The van der Waals surface area contributed by atoms with E-state index in [0.29, 0.717) is 12.0 Å². The third kappa shape index (κ3) is 4.87. The van der Waals surface area contributed by atoms with Crippen molar-refractivity contribution in [3.05, 3.63) is 59.7 Å². The van der Waals surface area contributed by atoms with Crippen LogP contribution in [0.3, 0.4) is 0 Å². The Labute approximate surface area is 160 Å². The number of ether oxygens (including phenoxy) is 1. The lowest BCUT2D eigenvalue weighted by molar-refractivity contribution is 0.0792. The quantitative estimate of drug-likeness (QED) is 0.791. The first-order valence-electron chi connectivity index (χ1n) is 9.01. The maximum atomic E-state index is 12.6. The highest BCUT2D eigenvalue weighted by molar-refractivity contribution is 7.89. The summed E-state index contributed by atoms with van der Waals surface area (Å²) in [6.45, 7) is 1.74. The van der Waals surface area contributed by atoms with Gasteiger partial charge < -0.3 is 9.64 Å². The van der Waals surface area contributed by atoms with E-state index in [1.54, 1.807) is 24.1 Å². The van der Waals surface area contributed by atoms with Gasteiger partial charge in [-0.05, 0) is 55.2 Å². The summed E-state index contributed by atoms with van der Waals surface area (Å²) >= 11 is 0. The lowest BCUT2D eigenvalue weighted by atomic mass is 10.1. The lowest BCUT2D eigenvalue weighted by Gasteiger charge is -2.15. The number of hydrogen-bond donors (Lipinski definition) is 1. The number of carbonyl (C=O) groups excluding carboxylic acids is 1. The van der Waals surface area contributed by atoms with Gasteiger partial charge in [0, 0.05) is 25.2 Å². The standard InChI is InChI=1S/C20H24N2O4S/c1-26-18-9-7-16(8-10-18)11-12-21-27(24,25)19-6-4-5-17(15-19)20(23)22-13-2-3-14-22/h4-10,15,21H,2-3,11-14H2,1H3. The second-order valence-corrected chi connectivity index (χ2v) is 8.29. The van der Waals surface area contributed by atoms with E-state index in [2.05, 4.69) is 4.72 Å². The number of carbonyl (C=O) groups is 1. The largest absolute Gasteiger partial charge is 0.497 e. The number of hydrogen-bond acceptors (Lipinski definition) is 4. The second kappa shape index (κ2) is 8.54. The van der Waals surface area contributed by atoms with Crippen LogP contribution in [0.15, 0.2) is 53.4 Å². The molecule has 1 aliphatic rings. The van der Waals surface area contributed by atoms with Crippen molar-refractivity contribution < 1.29 is 17.9 Å². The molecule has 0 spiro atoms. The predicted molar refractivity (Wildman–Crippen MR) is 103 cm³/mol. The zero-order chi connectivity index (χ0) is 19.3. The zero-order valence-corrected chi connectivity index (χ0v) is 16.2. The minimum atomic E-state index is -3.67. The van der Waals surface area contributed by atoms with Crippen LogP contribution >= 0.6 is 0 Å². The highest BCUT2D eigenvalue weighted by Gasteiger charge is 2.21. The Morgan fingerprint density at radius 2 is 1.81 bits per heavy atom. The molecule has 0 saturated carbocycles. The molecular weight excluding hydrogens is 364 g/mol. The smallest absolute Gasteiger partial charge is 0.253 e. The Morgan fingerprint density at radius 1 is 1.11 bits per heavy atom. The van der Waals surface area contributed by atoms with Gasteiger partial charge in [-0.3, -0.25) is 4.79 Å². The molecular formula is C20H24N2O4S. The van der Waals surface area contributed by atoms with Gasteiger partial charge in [0.2, 0.25) is 10.0 Å². The van der Waals surface area contributed by atoms with Crippen molar-refractivity contribution in [2.75, 3.05) is 26.7 Å². The zero-order valence-electron chi connectivity index (χ0n) is 15.3. The van der Waals surface area contributed by atoms with E-state index in [0.717, 1.165) is 37.2 Å². The van der Waals surface area contributed by atoms with Crippen molar-refractivity contribution in [1.29, 1.82) is 0 Å². The number of methoxy groups -OCH3 is 1. The van der Waals surface area contributed by atoms with Crippen molar-refractivity contribution in [3.63, 3.8) is 0 Å². The third-order valence-electron chi connectivity index (χ3n) is 4.65. The summed E-state index contributed by atoms with van der Waals surface area (Å²) in [4.78, 5) is 14.4. The SMILES string of the molecule is COc1ccc(CCNS(=O)(=O)c2cccc(C(=O)N3CCCC3)c2)cc1. The molecule has 2 aromatic rings. The van der Waals surface area contributed by atoms with E-state index >= 15 is 0 Å². The molecule has 0 bridgehead atoms. The Kier molecular flexibility index (Phi) is 6.13. The molecule has 7 heteroatoms. The average Bonchev–Trinajstić information content (AvgIpc) is 3.23. The normalized spacial score (nSPS) is 14.3. The van der Waals surface area contributed by atoms with Gasteiger partial charge in [-0.15, -0.1) is 0 Å². The molecule has 1 fully saturated rings. The van der Waals surface area contributed by atoms with Gasteiger partial charge in [-0.1, -0.05) is 18.2 Å². The minimum absolute atomic E-state index is 0.109. The van der Waals surface area contributed by atoms with E-state index in [4.69, 9.17) is 4.74 Å². The molecule has 1 heterocycles. The van der Waals surface area contributed by atoms with Gasteiger partial charge >= 0.3 is 0 Å². The number of nitrogens with zero attached hydrogens (tertiary/aromatic N) is 1. The Bertz CT molecular complexity index is 888. The third-order valence-corrected chi connectivity index (χ3v) is 6.11. The summed E-state index contributed by atoms with van der Waals surface area (Å²) in [5.41, 5.74) is 1.42. The predicted octanol–water partition coefficient (Wildman–Crippen LogP) is 2.45. The Hall–Kier alpha value is -2.38. The van der Waals surface area contributed by atoms with E-state index in [1.165, 1.54) is 12.1 Å². The molecule has 1 saturated heterocycles. The molecule has 0 aliphatic carbocycles. The van der Waals surface area contributed by atoms with Crippen LogP contribution in [0, 0.1) is 0 Å². The summed E-state index contributed by atoms with van der Waals surface area (Å²) in [6.07, 6.45) is 2.56. The molecule has 3 rings (SSSR count). The van der Waals surface area contributed by atoms with Gasteiger partial charge in [0.1, 0.15) is 5.75 Å². The van der Waals surface area contributed by atoms with E-state index in [9.17, 15) is 13.2 Å². The van der Waals surface area contributed by atoms with Crippen molar-refractivity contribution >= 4 is 15.9 Å². The molecule has 0 aromatic heterocycles. The van der Waals surface area contributed by atoms with Crippen LogP contribution in [0.5, 0.6) is 5.75 Å². The fourth-order valence-corrected chi connectivity index (χ4v) is 4.18. The molecule has 1 aliphatic heterocycles. The van der Waals surface area contributed by atoms with Crippen molar-refractivity contribution in [1.82, 2.24) is 9.62 Å². The number of amides is 1. The van der Waals surface area contributed by atoms with Crippen LogP contribution in [0.25, 0.3) is 0 Å². The van der Waals surface area contributed by atoms with Crippen LogP contribution in [-0.4, -0.2) is 46.0 Å². The van der Waals surface area contributed by atoms with Gasteiger partial charge in [0.05, 0.1) is 12.0 Å². The summed E-state index contributed by atoms with van der Waals surface area (Å²) in [5, 5.41) is 0. The first-order valence-corrected chi connectivity index (χ1v) is 10.5. The van der Waals surface area contributed by atoms with Crippen molar-refractivity contribution in [2.45, 2.75) is 24.2 Å². The van der Waals surface area contributed by atoms with Crippen LogP contribution in [0.2, 0.25) is 0 Å². The fraction of sp³-hybridized carbons (Fsp3) is 0.350. The summed E-state index contributed by atoms with van der Waals surface area (Å²) in [6, 6.07) is 13.7. The van der Waals surface area contributed by atoms with Crippen LogP contribution < -0.4 is 9.46 Å². The number of sulfonamides is 1. The molecule has 6 nitrogen and oxygen atoms in total. The number of rotatable bonds is 7. The van der Waals surface area contributed by atoms with Crippen LogP contribution in [0.1, 0.15) is 28.8 Å². The monoisotopic (exact) mass is 388 g/mol. The molecule has 1 amide bonds. The van der Waals surface area contributed by atoms with Gasteiger partial charge in [0.25, 0.3) is 5.91 Å². The van der Waals surface area contributed by atoms with Gasteiger partial charge in [-0.25, -0.2) is 13.1 Å². The second-order valence-electron chi connectivity index (χ2n) is 6.52. The number of likely N-dealkylation sites (tertiary alicyclic amines) is 1. The van der Waals surface area contributed by atoms with Crippen molar-refractivity contribution in [3.8, 4) is 5.75 Å². The molecule has 1 N–H and O–H groups in total. The number of nitrogens with one attached hydrogen (secondary N) is 1. The van der Waals surface area contributed by atoms with E-state index in [1.807, 2.05) is 24.3 Å². The molecule has 0 unspecified atom stereocenters. The Balaban J connectivity index is 1.63. The summed E-state index contributed by atoms with van der Waals surface area (Å²) < 4.78 is 32.8. The lowest BCUT2D eigenvalue weighted by Crippen LogP contribution is -2.29.